The zero-order valence-corrected chi connectivity index (χ0v) is 22.1. The lowest BCUT2D eigenvalue weighted by atomic mass is 9.93. The molecule has 2 aromatic rings. The summed E-state index contributed by atoms with van der Waals surface area (Å²) < 4.78 is 34.4. The van der Waals surface area contributed by atoms with Crippen LogP contribution in [0.3, 0.4) is 0 Å². The Morgan fingerprint density at radius 1 is 0.972 bits per heavy atom. The maximum Gasteiger partial charge on any atom is 0.333 e. The van der Waals surface area contributed by atoms with Gasteiger partial charge >= 0.3 is 6.03 Å². The van der Waals surface area contributed by atoms with E-state index < -0.39 is 21.7 Å². The van der Waals surface area contributed by atoms with E-state index in [1.165, 1.54) is 22.8 Å². The molecule has 0 aromatic heterocycles. The fraction of sp³-hybridized carbons (Fsp3) is 0.519. The highest BCUT2D eigenvalue weighted by Crippen LogP contribution is 2.41. The summed E-state index contributed by atoms with van der Waals surface area (Å²) in [6.07, 6.45) is 5.86. The molecule has 0 saturated carbocycles. The molecule has 8 nitrogen and oxygen atoms in total. The van der Waals surface area contributed by atoms with Gasteiger partial charge in [0, 0.05) is 24.5 Å². The molecule has 1 saturated heterocycles. The fourth-order valence-corrected chi connectivity index (χ4v) is 6.77. The number of urea groups is 1. The molecule has 1 aliphatic heterocycles. The lowest BCUT2D eigenvalue weighted by molar-refractivity contribution is 0.0783. The predicted octanol–water partition coefficient (Wildman–Crippen LogP) is 3.55. The molecule has 2 aromatic carbocycles. The zero-order valence-electron chi connectivity index (χ0n) is 21.2. The number of hydrogen-bond acceptors (Lipinski definition) is 6. The second-order valence-corrected chi connectivity index (χ2v) is 12.2. The summed E-state index contributed by atoms with van der Waals surface area (Å²) >= 11 is 0. The number of carbonyl (C=O) groups excluding carboxylic acids is 1. The molecule has 2 amide bonds. The van der Waals surface area contributed by atoms with Crippen molar-refractivity contribution in [3.8, 4) is 0 Å². The van der Waals surface area contributed by atoms with Crippen LogP contribution in [0.1, 0.15) is 60.1 Å². The molecule has 2 aliphatic carbocycles. The van der Waals surface area contributed by atoms with Crippen molar-refractivity contribution in [3.63, 3.8) is 0 Å². The minimum absolute atomic E-state index is 0.0573. The molecule has 0 atom stereocenters. The van der Waals surface area contributed by atoms with Crippen LogP contribution < -0.4 is 14.9 Å². The molecule has 1 heterocycles. The molecular weight excluding hydrogens is 478 g/mol. The zero-order chi connectivity index (χ0) is 25.7. The van der Waals surface area contributed by atoms with Gasteiger partial charge in [0.05, 0.1) is 23.7 Å². The summed E-state index contributed by atoms with van der Waals surface area (Å²) in [6.45, 7) is 7.71. The van der Waals surface area contributed by atoms with E-state index in [0.717, 1.165) is 55.3 Å². The summed E-state index contributed by atoms with van der Waals surface area (Å²) in [5, 5.41) is 13.6. The van der Waals surface area contributed by atoms with Crippen LogP contribution in [0.25, 0.3) is 0 Å². The Hall–Kier alpha value is -2.62. The first-order valence-electron chi connectivity index (χ1n) is 12.7. The Morgan fingerprint density at radius 3 is 2.14 bits per heavy atom. The standard InChI is InChI=1S/C27H35N3O5S/c1-17-21-6-4-8-23(21)25(24-9-5-7-22(17)24)28-26(31)29-36(33,34)20-15-18(27(2,3)32)14-19(16-20)30-10-12-35-13-11-30/h14-16,32H,4-13H2,1-3H3,(H2,28,29,31). The van der Waals surface area contributed by atoms with Gasteiger partial charge in [-0.15, -0.1) is 0 Å². The number of nitrogens with one attached hydrogen (secondary N) is 2. The predicted molar refractivity (Wildman–Crippen MR) is 139 cm³/mol. The monoisotopic (exact) mass is 513 g/mol. The lowest BCUT2D eigenvalue weighted by Gasteiger charge is -2.30. The van der Waals surface area contributed by atoms with Crippen LogP contribution in [0.4, 0.5) is 16.2 Å². The van der Waals surface area contributed by atoms with E-state index in [2.05, 4.69) is 17.0 Å². The van der Waals surface area contributed by atoms with E-state index in [1.807, 2.05) is 4.90 Å². The third-order valence-electron chi connectivity index (χ3n) is 7.69. The van der Waals surface area contributed by atoms with E-state index in [0.29, 0.717) is 37.6 Å². The third-order valence-corrected chi connectivity index (χ3v) is 9.00. The van der Waals surface area contributed by atoms with Crippen molar-refractivity contribution in [1.82, 2.24) is 4.72 Å². The number of sulfonamides is 1. The lowest BCUT2D eigenvalue weighted by Crippen LogP contribution is -2.37. The maximum absolute atomic E-state index is 13.4. The maximum atomic E-state index is 13.4. The molecule has 5 rings (SSSR count). The van der Waals surface area contributed by atoms with Gasteiger partial charge < -0.3 is 20.1 Å². The number of carbonyl (C=O) groups is 1. The highest BCUT2D eigenvalue weighted by Gasteiger charge is 2.30. The molecule has 36 heavy (non-hydrogen) atoms. The van der Waals surface area contributed by atoms with E-state index in [9.17, 15) is 18.3 Å². The van der Waals surface area contributed by atoms with Crippen LogP contribution in [0.2, 0.25) is 0 Å². The highest BCUT2D eigenvalue weighted by molar-refractivity contribution is 7.90. The van der Waals surface area contributed by atoms with E-state index in [1.54, 1.807) is 26.0 Å². The Balaban J connectivity index is 1.44. The van der Waals surface area contributed by atoms with Crippen molar-refractivity contribution in [2.45, 2.75) is 69.8 Å². The number of amides is 2. The van der Waals surface area contributed by atoms with Gasteiger partial charge in [0.15, 0.2) is 0 Å². The van der Waals surface area contributed by atoms with Crippen molar-refractivity contribution >= 4 is 27.4 Å². The molecule has 0 spiro atoms. The van der Waals surface area contributed by atoms with Gasteiger partial charge in [-0.3, -0.25) is 0 Å². The van der Waals surface area contributed by atoms with Crippen molar-refractivity contribution in [1.29, 1.82) is 0 Å². The average Bonchev–Trinajstić information content (AvgIpc) is 3.52. The minimum atomic E-state index is -4.19. The summed E-state index contributed by atoms with van der Waals surface area (Å²) in [5.41, 5.74) is 6.94. The van der Waals surface area contributed by atoms with Gasteiger partial charge in [-0.2, -0.15) is 0 Å². The number of rotatable bonds is 5. The molecule has 0 unspecified atom stereocenters. The summed E-state index contributed by atoms with van der Waals surface area (Å²) in [6, 6.07) is 4.02. The molecular formula is C27H35N3O5S. The normalized spacial score (nSPS) is 17.6. The van der Waals surface area contributed by atoms with Crippen LogP contribution in [0.15, 0.2) is 23.1 Å². The van der Waals surface area contributed by atoms with Crippen molar-refractivity contribution in [2.75, 3.05) is 36.5 Å². The number of aliphatic hydroxyl groups is 1. The topological polar surface area (TPSA) is 108 Å². The quantitative estimate of drug-likeness (QED) is 0.565. The first-order chi connectivity index (χ1) is 17.0. The van der Waals surface area contributed by atoms with Gasteiger partial charge in [-0.25, -0.2) is 17.9 Å². The van der Waals surface area contributed by atoms with E-state index in [4.69, 9.17) is 4.74 Å². The fourth-order valence-electron chi connectivity index (χ4n) is 5.80. The molecule has 3 N–H and O–H groups in total. The minimum Gasteiger partial charge on any atom is -0.386 e. The Labute approximate surface area is 213 Å². The van der Waals surface area contributed by atoms with Crippen LogP contribution in [-0.4, -0.2) is 45.9 Å². The summed E-state index contributed by atoms with van der Waals surface area (Å²) in [7, 11) is -4.19. The van der Waals surface area contributed by atoms with Gasteiger partial charge in [0.1, 0.15) is 0 Å². The van der Waals surface area contributed by atoms with Crippen molar-refractivity contribution < 1.29 is 23.1 Å². The number of hydrogen-bond donors (Lipinski definition) is 3. The van der Waals surface area contributed by atoms with Crippen molar-refractivity contribution in [3.05, 3.63) is 51.6 Å². The molecule has 0 radical (unpaired) electrons. The number of nitrogens with zero attached hydrogens (tertiary/aromatic N) is 1. The number of anilines is 2. The number of fused-ring (bicyclic) bond motifs is 2. The second-order valence-electron chi connectivity index (χ2n) is 10.6. The molecule has 1 fully saturated rings. The Morgan fingerprint density at radius 2 is 1.56 bits per heavy atom. The first-order valence-corrected chi connectivity index (χ1v) is 14.2. The van der Waals surface area contributed by atoms with E-state index in [-0.39, 0.29) is 4.90 Å². The van der Waals surface area contributed by atoms with Crippen LogP contribution >= 0.6 is 0 Å². The number of benzene rings is 2. The van der Waals surface area contributed by atoms with Gasteiger partial charge in [0.25, 0.3) is 10.0 Å². The molecule has 0 bridgehead atoms. The highest BCUT2D eigenvalue weighted by atomic mass is 32.2. The summed E-state index contributed by atoms with van der Waals surface area (Å²) in [5.74, 6) is 0. The van der Waals surface area contributed by atoms with Crippen LogP contribution in [-0.2, 0) is 46.0 Å². The largest absolute Gasteiger partial charge is 0.386 e. The second kappa shape index (κ2) is 9.36. The van der Waals surface area contributed by atoms with Crippen molar-refractivity contribution in [2.24, 2.45) is 0 Å². The number of ether oxygens (including phenoxy) is 1. The smallest absolute Gasteiger partial charge is 0.333 e. The van der Waals surface area contributed by atoms with E-state index >= 15 is 0 Å². The van der Waals surface area contributed by atoms with Crippen LogP contribution in [0, 0.1) is 6.92 Å². The number of morpholine rings is 1. The Kier molecular flexibility index (Phi) is 6.51. The molecule has 3 aliphatic rings. The third kappa shape index (κ3) is 4.71. The Bertz CT molecular complexity index is 1270. The molecule has 194 valence electrons. The molecule has 9 heteroatoms. The average molecular weight is 514 g/mol. The van der Waals surface area contributed by atoms with Gasteiger partial charge in [-0.1, -0.05) is 0 Å². The first kappa shape index (κ1) is 25.0. The van der Waals surface area contributed by atoms with Gasteiger partial charge in [-0.05, 0) is 111 Å². The van der Waals surface area contributed by atoms with Gasteiger partial charge in [0.2, 0.25) is 0 Å². The van der Waals surface area contributed by atoms with Crippen LogP contribution in [0.5, 0.6) is 0 Å². The summed E-state index contributed by atoms with van der Waals surface area (Å²) in [4.78, 5) is 15.0. The SMILES string of the molecule is Cc1c2c(c(NC(=O)NS(=O)(=O)c3cc(N4CCOCC4)cc(C(C)(C)O)c3)c3c1CCC3)CCC2.